The zero-order chi connectivity index (χ0) is 17.4. The van der Waals surface area contributed by atoms with Gasteiger partial charge in [0.2, 0.25) is 5.91 Å². The predicted octanol–water partition coefficient (Wildman–Crippen LogP) is 1.80. The highest BCUT2D eigenvalue weighted by atomic mass is 32.2. The Morgan fingerprint density at radius 1 is 1.17 bits per heavy atom. The van der Waals surface area contributed by atoms with Gasteiger partial charge in [-0.2, -0.15) is 0 Å². The molecule has 0 radical (unpaired) electrons. The van der Waals surface area contributed by atoms with Gasteiger partial charge in [-0.3, -0.25) is 9.59 Å². The van der Waals surface area contributed by atoms with E-state index in [9.17, 15) is 14.4 Å². The van der Waals surface area contributed by atoms with Crippen molar-refractivity contribution in [2.45, 2.75) is 10.6 Å². The minimum absolute atomic E-state index is 0.288. The molecule has 0 saturated carbocycles. The molecule has 24 heavy (non-hydrogen) atoms. The van der Waals surface area contributed by atoms with Crippen LogP contribution in [0.3, 0.4) is 0 Å². The predicted molar refractivity (Wildman–Crippen MR) is 92.8 cm³/mol. The Balaban J connectivity index is 1.91. The number of nitrogens with one attached hydrogen (secondary N) is 1. The lowest BCUT2D eigenvalue weighted by molar-refractivity contribution is -0.127. The summed E-state index contributed by atoms with van der Waals surface area (Å²) in [5.74, 6) is -1.07. The van der Waals surface area contributed by atoms with Crippen molar-refractivity contribution in [1.82, 2.24) is 5.32 Å². The molecule has 2 rings (SSSR count). The molecule has 0 bridgehead atoms. The summed E-state index contributed by atoms with van der Waals surface area (Å²) >= 11 is 3.18. The van der Waals surface area contributed by atoms with Gasteiger partial charge in [0.1, 0.15) is 0 Å². The number of thioether (sulfide) groups is 1. The topological polar surface area (TPSA) is 98.5 Å². The van der Waals surface area contributed by atoms with Crippen LogP contribution in [-0.4, -0.2) is 30.9 Å². The Bertz CT molecular complexity index is 717. The summed E-state index contributed by atoms with van der Waals surface area (Å²) in [6, 6.07) is 11.1. The Labute approximate surface area is 147 Å². The summed E-state index contributed by atoms with van der Waals surface area (Å²) in [4.78, 5) is 36.2. The Kier molecular flexibility index (Phi) is 6.83. The van der Waals surface area contributed by atoms with Gasteiger partial charge in [0.05, 0.1) is 12.1 Å². The van der Waals surface area contributed by atoms with Crippen LogP contribution < -0.4 is 11.1 Å². The maximum Gasteiger partial charge on any atom is 0.339 e. The van der Waals surface area contributed by atoms with E-state index < -0.39 is 24.4 Å². The van der Waals surface area contributed by atoms with Crippen molar-refractivity contribution in [1.29, 1.82) is 0 Å². The largest absolute Gasteiger partial charge is 0.452 e. The molecule has 0 aliphatic carbocycles. The number of nitrogens with two attached hydrogens (primary N) is 1. The summed E-state index contributed by atoms with van der Waals surface area (Å²) in [6.45, 7) is -0.750. The molecule has 0 saturated heterocycles. The van der Waals surface area contributed by atoms with Crippen molar-refractivity contribution in [3.8, 4) is 0 Å². The second kappa shape index (κ2) is 9.09. The second-order valence-corrected chi connectivity index (χ2v) is 6.73. The molecule has 0 fully saturated rings. The van der Waals surface area contributed by atoms with E-state index in [0.29, 0.717) is 5.56 Å². The summed E-state index contributed by atoms with van der Waals surface area (Å²) in [7, 11) is 0. The van der Waals surface area contributed by atoms with Crippen molar-refractivity contribution in [2.24, 2.45) is 5.73 Å². The first-order valence-corrected chi connectivity index (χ1v) is 8.89. The molecular formula is C16H16N2O4S2. The zero-order valence-electron chi connectivity index (χ0n) is 12.7. The van der Waals surface area contributed by atoms with Gasteiger partial charge in [-0.25, -0.2) is 4.79 Å². The number of carbonyl (C=O) groups excluding carboxylic acids is 3. The van der Waals surface area contributed by atoms with Gasteiger partial charge in [0.25, 0.3) is 5.91 Å². The second-order valence-electron chi connectivity index (χ2n) is 4.68. The molecule has 0 atom stereocenters. The van der Waals surface area contributed by atoms with E-state index in [1.54, 1.807) is 23.5 Å². The monoisotopic (exact) mass is 364 g/mol. The molecule has 1 aromatic carbocycles. The minimum atomic E-state index is -0.662. The fourth-order valence-electron chi connectivity index (χ4n) is 1.75. The van der Waals surface area contributed by atoms with Crippen LogP contribution in [0, 0.1) is 0 Å². The number of carbonyl (C=O) groups is 3. The Hall–Kier alpha value is -2.32. The third kappa shape index (κ3) is 5.71. The summed E-state index contributed by atoms with van der Waals surface area (Å²) in [6.07, 6.45) is 0. The molecule has 2 amide bonds. The minimum Gasteiger partial charge on any atom is -0.452 e. The summed E-state index contributed by atoms with van der Waals surface area (Å²) < 4.78 is 4.99. The number of ether oxygens (including phenoxy) is 1. The molecule has 6 nitrogen and oxygen atoms in total. The molecule has 0 spiro atoms. The van der Waals surface area contributed by atoms with Gasteiger partial charge < -0.3 is 15.8 Å². The van der Waals surface area contributed by atoms with Crippen molar-refractivity contribution in [3.63, 3.8) is 0 Å². The van der Waals surface area contributed by atoms with Gasteiger partial charge in [-0.15, -0.1) is 23.1 Å². The van der Waals surface area contributed by atoms with Crippen molar-refractivity contribution in [2.75, 3.05) is 13.2 Å². The maximum absolute atomic E-state index is 12.2. The first-order chi connectivity index (χ1) is 11.6. The molecule has 0 aliphatic heterocycles. The average molecular weight is 364 g/mol. The number of esters is 1. The van der Waals surface area contributed by atoms with Crippen LogP contribution in [0.25, 0.3) is 0 Å². The van der Waals surface area contributed by atoms with Crippen LogP contribution in [-0.2, 0) is 20.1 Å². The highest BCUT2D eigenvalue weighted by Crippen LogP contribution is 2.28. The lowest BCUT2D eigenvalue weighted by Gasteiger charge is -2.09. The summed E-state index contributed by atoms with van der Waals surface area (Å²) in [5, 5.41) is 4.25. The van der Waals surface area contributed by atoms with Crippen molar-refractivity contribution in [3.05, 3.63) is 52.2 Å². The fraction of sp³-hybridized carbons (Fsp3) is 0.188. The lowest BCUT2D eigenvalue weighted by Crippen LogP contribution is -2.36. The molecule has 0 unspecified atom stereocenters. The van der Waals surface area contributed by atoms with Crippen LogP contribution in [0.4, 0.5) is 0 Å². The van der Waals surface area contributed by atoms with Gasteiger partial charge >= 0.3 is 5.97 Å². The standard InChI is InChI=1S/C16H16N2O4S2/c17-14(19)8-18-15(20)9-22-16(21)12-5-1-2-6-13(12)24-10-11-4-3-7-23-11/h1-7H,8-10H2,(H2,17,19)(H,18,20). The number of hydrogen-bond acceptors (Lipinski definition) is 6. The normalized spacial score (nSPS) is 10.2. The number of primary amides is 1. The molecular weight excluding hydrogens is 348 g/mol. The smallest absolute Gasteiger partial charge is 0.339 e. The first kappa shape index (κ1) is 18.0. The maximum atomic E-state index is 12.2. The third-order valence-electron chi connectivity index (χ3n) is 2.85. The highest BCUT2D eigenvalue weighted by molar-refractivity contribution is 7.98. The molecule has 126 valence electrons. The van der Waals surface area contributed by atoms with Crippen LogP contribution in [0.1, 0.15) is 15.2 Å². The molecule has 0 aliphatic rings. The number of rotatable bonds is 8. The van der Waals surface area contributed by atoms with E-state index in [0.717, 1.165) is 10.6 Å². The highest BCUT2D eigenvalue weighted by Gasteiger charge is 2.15. The molecule has 8 heteroatoms. The quantitative estimate of drug-likeness (QED) is 0.550. The lowest BCUT2D eigenvalue weighted by atomic mass is 10.2. The first-order valence-electron chi connectivity index (χ1n) is 7.02. The Morgan fingerprint density at radius 3 is 2.67 bits per heavy atom. The summed E-state index contributed by atoms with van der Waals surface area (Å²) in [5.41, 5.74) is 5.32. The van der Waals surface area contributed by atoms with E-state index in [2.05, 4.69) is 5.32 Å². The molecule has 1 aromatic heterocycles. The SMILES string of the molecule is NC(=O)CNC(=O)COC(=O)c1ccccc1SCc1cccs1. The van der Waals surface area contributed by atoms with Gasteiger partial charge in [0, 0.05) is 15.5 Å². The van der Waals surface area contributed by atoms with Crippen LogP contribution in [0.2, 0.25) is 0 Å². The third-order valence-corrected chi connectivity index (χ3v) is 5.03. The number of thiophene rings is 1. The van der Waals surface area contributed by atoms with E-state index >= 15 is 0 Å². The molecule has 2 aromatic rings. The Morgan fingerprint density at radius 2 is 1.96 bits per heavy atom. The van der Waals surface area contributed by atoms with E-state index in [1.807, 2.05) is 29.6 Å². The number of hydrogen-bond donors (Lipinski definition) is 2. The number of benzene rings is 1. The van der Waals surface area contributed by atoms with Crippen molar-refractivity contribution >= 4 is 40.9 Å². The number of amides is 2. The van der Waals surface area contributed by atoms with Crippen LogP contribution >= 0.6 is 23.1 Å². The fourth-order valence-corrected chi connectivity index (χ4v) is 3.56. The van der Waals surface area contributed by atoms with Crippen LogP contribution in [0.15, 0.2) is 46.7 Å². The van der Waals surface area contributed by atoms with E-state index in [4.69, 9.17) is 10.5 Å². The van der Waals surface area contributed by atoms with Crippen LogP contribution in [0.5, 0.6) is 0 Å². The zero-order valence-corrected chi connectivity index (χ0v) is 14.3. The van der Waals surface area contributed by atoms with Gasteiger partial charge in [-0.1, -0.05) is 18.2 Å². The van der Waals surface area contributed by atoms with Gasteiger partial charge in [0.15, 0.2) is 6.61 Å². The van der Waals surface area contributed by atoms with E-state index in [-0.39, 0.29) is 6.54 Å². The average Bonchev–Trinajstić information content (AvgIpc) is 3.09. The van der Waals surface area contributed by atoms with Crippen molar-refractivity contribution < 1.29 is 19.1 Å². The molecule has 3 N–H and O–H groups in total. The molecule has 1 heterocycles. The van der Waals surface area contributed by atoms with Gasteiger partial charge in [-0.05, 0) is 23.6 Å². The van der Waals surface area contributed by atoms with E-state index in [1.165, 1.54) is 16.6 Å².